The van der Waals surface area contributed by atoms with Crippen molar-refractivity contribution >= 4 is 32.6 Å². The number of anilines is 1. The number of thiazole rings is 1. The van der Waals surface area contributed by atoms with Crippen LogP contribution in [0.4, 0.5) is 13.9 Å². The first-order valence-electron chi connectivity index (χ1n) is 10.5. The van der Waals surface area contributed by atoms with Crippen LogP contribution in [-0.4, -0.2) is 34.3 Å². The lowest BCUT2D eigenvalue weighted by atomic mass is 10.1. The number of rotatable bonds is 7. The van der Waals surface area contributed by atoms with Gasteiger partial charge in [0, 0.05) is 18.3 Å². The van der Waals surface area contributed by atoms with Gasteiger partial charge in [-0.25, -0.2) is 13.8 Å². The average molecular weight is 471 g/mol. The second kappa shape index (κ2) is 9.27. The lowest BCUT2D eigenvalue weighted by Crippen LogP contribution is -2.35. The molecule has 172 valence electrons. The van der Waals surface area contributed by atoms with E-state index in [4.69, 9.17) is 4.74 Å². The van der Waals surface area contributed by atoms with Crippen molar-refractivity contribution in [1.29, 1.82) is 0 Å². The molecule has 0 aliphatic carbocycles. The van der Waals surface area contributed by atoms with Crippen LogP contribution in [0.2, 0.25) is 0 Å². The Kier molecular flexibility index (Phi) is 6.42. The fourth-order valence-electron chi connectivity index (χ4n) is 3.80. The van der Waals surface area contributed by atoms with Gasteiger partial charge in [0.2, 0.25) is 5.91 Å². The number of hydrogen-bond donors (Lipinski definition) is 0. The van der Waals surface area contributed by atoms with E-state index >= 15 is 0 Å². The van der Waals surface area contributed by atoms with Gasteiger partial charge in [-0.15, -0.1) is 0 Å². The maximum Gasteiger partial charge on any atom is 0.233 e. The molecule has 0 aliphatic rings. The van der Waals surface area contributed by atoms with E-state index in [-0.39, 0.29) is 17.8 Å². The molecule has 6 nitrogen and oxygen atoms in total. The predicted molar refractivity (Wildman–Crippen MR) is 125 cm³/mol. The van der Waals surface area contributed by atoms with Crippen LogP contribution in [0.1, 0.15) is 22.5 Å². The number of carbonyl (C=O) groups excluding carboxylic acids is 1. The number of aromatic nitrogens is 3. The third-order valence-corrected chi connectivity index (χ3v) is 6.41. The van der Waals surface area contributed by atoms with E-state index in [0.717, 1.165) is 45.7 Å². The molecule has 2 aromatic heterocycles. The summed E-state index contributed by atoms with van der Waals surface area (Å²) in [5.41, 5.74) is 3.67. The van der Waals surface area contributed by atoms with Crippen LogP contribution in [0.3, 0.4) is 0 Å². The molecule has 0 saturated carbocycles. The minimum Gasteiger partial charge on any atom is -0.496 e. The van der Waals surface area contributed by atoms with Crippen LogP contribution in [0.15, 0.2) is 36.4 Å². The molecule has 0 aliphatic heterocycles. The highest BCUT2D eigenvalue weighted by Crippen LogP contribution is 2.32. The Morgan fingerprint density at radius 2 is 1.94 bits per heavy atom. The van der Waals surface area contributed by atoms with E-state index in [9.17, 15) is 13.6 Å². The maximum atomic E-state index is 14.3. The normalized spacial score (nSPS) is 11.2. The highest BCUT2D eigenvalue weighted by Gasteiger charge is 2.22. The molecular formula is C24H24F2N4O2S. The summed E-state index contributed by atoms with van der Waals surface area (Å²) in [5, 5.41) is 4.78. The van der Waals surface area contributed by atoms with Gasteiger partial charge < -0.3 is 4.74 Å². The summed E-state index contributed by atoms with van der Waals surface area (Å²) in [7, 11) is 1.60. The second-order valence-electron chi connectivity index (χ2n) is 7.91. The fourth-order valence-corrected chi connectivity index (χ4v) is 4.85. The van der Waals surface area contributed by atoms with Gasteiger partial charge in [0.25, 0.3) is 0 Å². The first kappa shape index (κ1) is 22.8. The van der Waals surface area contributed by atoms with Gasteiger partial charge in [-0.3, -0.25) is 14.4 Å². The molecule has 0 unspecified atom stereocenters. The van der Waals surface area contributed by atoms with Crippen LogP contribution in [0, 0.1) is 32.4 Å². The first-order valence-corrected chi connectivity index (χ1v) is 11.3. The smallest absolute Gasteiger partial charge is 0.233 e. The van der Waals surface area contributed by atoms with Gasteiger partial charge >= 0.3 is 0 Å². The molecule has 0 bridgehead atoms. The average Bonchev–Trinajstić information content (AvgIpc) is 3.31. The van der Waals surface area contributed by atoms with Crippen LogP contribution >= 0.6 is 11.3 Å². The van der Waals surface area contributed by atoms with Gasteiger partial charge in [0.05, 0.1) is 30.5 Å². The number of benzene rings is 2. The number of nitrogens with zero attached hydrogens (tertiary/aromatic N) is 4. The molecule has 1 amide bonds. The van der Waals surface area contributed by atoms with Crippen molar-refractivity contribution in [3.05, 3.63) is 70.5 Å². The summed E-state index contributed by atoms with van der Waals surface area (Å²) in [5.74, 6) is -0.869. The number of methoxy groups -OCH3 is 1. The van der Waals surface area contributed by atoms with Gasteiger partial charge in [0.1, 0.15) is 17.1 Å². The van der Waals surface area contributed by atoms with E-state index in [1.54, 1.807) is 7.11 Å². The molecule has 4 rings (SSSR count). The molecule has 4 aromatic rings. The Hall–Kier alpha value is -3.33. The van der Waals surface area contributed by atoms with Gasteiger partial charge in [-0.05, 0) is 50.1 Å². The number of ether oxygens (including phenoxy) is 1. The topological polar surface area (TPSA) is 60.2 Å². The molecule has 0 fully saturated rings. The predicted octanol–water partition coefficient (Wildman–Crippen LogP) is 4.98. The monoisotopic (exact) mass is 470 g/mol. The number of aryl methyl sites for hydroxylation is 3. The summed E-state index contributed by atoms with van der Waals surface area (Å²) >= 11 is 1.09. The van der Waals surface area contributed by atoms with E-state index in [2.05, 4.69) is 10.1 Å². The zero-order valence-electron chi connectivity index (χ0n) is 18.9. The number of halogens is 2. The Morgan fingerprint density at radius 1 is 1.15 bits per heavy atom. The molecule has 9 heteroatoms. The zero-order chi connectivity index (χ0) is 23.7. The van der Waals surface area contributed by atoms with E-state index in [0.29, 0.717) is 22.9 Å². The fraction of sp³-hybridized carbons (Fsp3) is 0.292. The number of carbonyl (C=O) groups is 1. The molecule has 33 heavy (non-hydrogen) atoms. The summed E-state index contributed by atoms with van der Waals surface area (Å²) in [6, 6.07) is 9.57. The molecule has 0 atom stereocenters. The Labute approximate surface area is 194 Å². The van der Waals surface area contributed by atoms with E-state index in [1.165, 1.54) is 11.0 Å². The van der Waals surface area contributed by atoms with Gasteiger partial charge in [0.15, 0.2) is 10.9 Å². The van der Waals surface area contributed by atoms with Crippen molar-refractivity contribution in [3.8, 4) is 5.75 Å². The summed E-state index contributed by atoms with van der Waals surface area (Å²) in [4.78, 5) is 19.2. The highest BCUT2D eigenvalue weighted by atomic mass is 32.1. The second-order valence-corrected chi connectivity index (χ2v) is 8.92. The minimum atomic E-state index is -0.746. The summed E-state index contributed by atoms with van der Waals surface area (Å²) in [6.07, 6.45) is 0.134. The minimum absolute atomic E-state index is 0.0561. The van der Waals surface area contributed by atoms with Gasteiger partial charge in [-0.1, -0.05) is 23.5 Å². The molecule has 0 N–H and O–H groups in total. The highest BCUT2D eigenvalue weighted by molar-refractivity contribution is 7.22. The molecule has 0 saturated heterocycles. The molecule has 0 spiro atoms. The summed E-state index contributed by atoms with van der Waals surface area (Å²) in [6.45, 7) is 6.50. The standard InChI is InChI=1S/C24H24F2N4O2S/c1-14-9-17(5-6-20(14)32-4)11-22(31)29(7-8-30-16(3)10-15(2)28-30)24-27-23-19(26)12-18(25)13-21(23)33-24/h5-6,9-10,12-13H,7-8,11H2,1-4H3. The lowest BCUT2D eigenvalue weighted by molar-refractivity contribution is -0.118. The third-order valence-electron chi connectivity index (χ3n) is 5.39. The van der Waals surface area contributed by atoms with Crippen molar-refractivity contribution in [2.45, 2.75) is 33.7 Å². The largest absolute Gasteiger partial charge is 0.496 e. The van der Waals surface area contributed by atoms with Crippen LogP contribution in [-0.2, 0) is 17.8 Å². The first-order chi connectivity index (χ1) is 15.7. The Balaban J connectivity index is 1.66. The summed E-state index contributed by atoms with van der Waals surface area (Å²) < 4.78 is 35.4. The maximum absolute atomic E-state index is 14.3. The van der Waals surface area contributed by atoms with Crippen LogP contribution in [0.5, 0.6) is 5.75 Å². The lowest BCUT2D eigenvalue weighted by Gasteiger charge is -2.20. The van der Waals surface area contributed by atoms with E-state index in [1.807, 2.05) is 49.7 Å². The van der Waals surface area contributed by atoms with Crippen molar-refractivity contribution in [3.63, 3.8) is 0 Å². The molecule has 2 aromatic carbocycles. The number of hydrogen-bond acceptors (Lipinski definition) is 5. The number of fused-ring (bicyclic) bond motifs is 1. The van der Waals surface area contributed by atoms with Crippen molar-refractivity contribution in [1.82, 2.24) is 14.8 Å². The van der Waals surface area contributed by atoms with Crippen LogP contribution < -0.4 is 9.64 Å². The van der Waals surface area contributed by atoms with Crippen molar-refractivity contribution in [2.24, 2.45) is 0 Å². The molecular weight excluding hydrogens is 446 g/mol. The molecule has 2 heterocycles. The number of amides is 1. The van der Waals surface area contributed by atoms with E-state index < -0.39 is 11.6 Å². The Morgan fingerprint density at radius 3 is 2.61 bits per heavy atom. The van der Waals surface area contributed by atoms with Gasteiger partial charge in [-0.2, -0.15) is 5.10 Å². The SMILES string of the molecule is COc1ccc(CC(=O)N(CCn2nc(C)cc2C)c2nc3c(F)cc(F)cc3s2)cc1C. The molecule has 0 radical (unpaired) electrons. The van der Waals surface area contributed by atoms with Crippen LogP contribution in [0.25, 0.3) is 10.2 Å². The quantitative estimate of drug-likeness (QED) is 0.382. The van der Waals surface area contributed by atoms with Crippen molar-refractivity contribution in [2.75, 3.05) is 18.6 Å². The third kappa shape index (κ3) is 4.88. The zero-order valence-corrected chi connectivity index (χ0v) is 19.7. The Bertz CT molecular complexity index is 1330. The van der Waals surface area contributed by atoms with Crippen molar-refractivity contribution < 1.29 is 18.3 Å².